The van der Waals surface area contributed by atoms with Gasteiger partial charge in [-0.05, 0) is 50.4 Å². The molecule has 4 aromatic rings. The smallest absolute Gasteiger partial charge is 0.264 e. The van der Waals surface area contributed by atoms with Gasteiger partial charge in [-0.15, -0.1) is 0 Å². The van der Waals surface area contributed by atoms with E-state index in [9.17, 15) is 4.79 Å². The summed E-state index contributed by atoms with van der Waals surface area (Å²) in [5.41, 5.74) is 3.37. The Labute approximate surface area is 230 Å². The number of alkyl halides is 2. The molecule has 0 bridgehead atoms. The maximum atomic E-state index is 10.8. The largest absolute Gasteiger partial charge is 0.478 e. The van der Waals surface area contributed by atoms with Crippen molar-refractivity contribution in [2.24, 2.45) is 0 Å². The lowest BCUT2D eigenvalue weighted by Gasteiger charge is -2.13. The van der Waals surface area contributed by atoms with Gasteiger partial charge >= 0.3 is 0 Å². The van der Waals surface area contributed by atoms with E-state index in [1.165, 1.54) is 12.5 Å². The zero-order chi connectivity index (χ0) is 24.3. The number of fused-ring (bicyclic) bond motifs is 1. The summed E-state index contributed by atoms with van der Waals surface area (Å²) in [6.45, 7) is 1.71. The van der Waals surface area contributed by atoms with Crippen molar-refractivity contribution in [3.05, 3.63) is 68.4 Å². The Morgan fingerprint density at radius 2 is 1.59 bits per heavy atom. The number of hydrogen-bond acceptors (Lipinski definition) is 5. The molecule has 0 aromatic carbocycles. The summed E-state index contributed by atoms with van der Waals surface area (Å²) in [6.07, 6.45) is 9.18. The third-order valence-corrected chi connectivity index (χ3v) is 6.38. The molecule has 8 nitrogen and oxygen atoms in total. The van der Waals surface area contributed by atoms with E-state index in [0.717, 1.165) is 67.6 Å². The molecule has 0 saturated heterocycles. The molecule has 0 radical (unpaired) electrons. The topological polar surface area (TPSA) is 101 Å². The second-order valence-electron chi connectivity index (χ2n) is 6.98. The van der Waals surface area contributed by atoms with Gasteiger partial charge in [0.1, 0.15) is 0 Å². The molecule has 0 aliphatic carbocycles. The lowest BCUT2D eigenvalue weighted by atomic mass is 10.2. The third kappa shape index (κ3) is 8.17. The van der Waals surface area contributed by atoms with Crippen molar-refractivity contribution >= 4 is 63.7 Å². The molecule has 0 saturated carbocycles. The molecule has 0 amide bonds. The van der Waals surface area contributed by atoms with Gasteiger partial charge in [-0.1, -0.05) is 31.9 Å². The number of nitrogens with zero attached hydrogens (tertiary/aromatic N) is 4. The predicted molar refractivity (Wildman–Crippen MR) is 148 cm³/mol. The van der Waals surface area contributed by atoms with E-state index in [2.05, 4.69) is 89.0 Å². The van der Waals surface area contributed by atoms with Gasteiger partial charge in [0.15, 0.2) is 0 Å². The van der Waals surface area contributed by atoms with Crippen LogP contribution in [0.4, 0.5) is 0 Å². The van der Waals surface area contributed by atoms with Crippen LogP contribution in [-0.4, -0.2) is 47.2 Å². The first-order chi connectivity index (χ1) is 16.5. The fourth-order valence-corrected chi connectivity index (χ4v) is 4.90. The zero-order valence-electron chi connectivity index (χ0n) is 18.0. The summed E-state index contributed by atoms with van der Waals surface area (Å²) in [5.74, 6) is 0.848. The number of hydrogen-bond donors (Lipinski definition) is 2. The summed E-state index contributed by atoms with van der Waals surface area (Å²) < 4.78 is 9.26. The standard InChI is InChI=1S/C11H10BrN3O.C8H6BrN3O.C3H6Br2/c12-9-4-8(6-13-7-9)10-5-11-15(14-10)2-1-3-16-11;9-6-1-5(3-10-4-6)7-2-8(13)12-11-7;4-2-1-3-5/h4-7H,1-3H2;1-4H,(H2,11,12,13);1-3H2. The molecule has 1 aliphatic rings. The number of aryl methyl sites for hydroxylation is 1. The molecular formula is C22H22Br4N6O2. The summed E-state index contributed by atoms with van der Waals surface area (Å²) in [6, 6.07) is 7.33. The molecular weight excluding hydrogens is 700 g/mol. The van der Waals surface area contributed by atoms with Crippen LogP contribution >= 0.6 is 63.7 Å². The van der Waals surface area contributed by atoms with Gasteiger partial charge in [0, 0.05) is 80.6 Å². The highest BCUT2D eigenvalue weighted by Gasteiger charge is 2.14. The van der Waals surface area contributed by atoms with Crippen LogP contribution in [0, 0.1) is 0 Å². The average Bonchev–Trinajstić information content (AvgIpc) is 3.47. The van der Waals surface area contributed by atoms with Crippen LogP contribution in [0.5, 0.6) is 5.88 Å². The number of aromatic amines is 2. The fraction of sp³-hybridized carbons (Fsp3) is 0.273. The Morgan fingerprint density at radius 1 is 0.912 bits per heavy atom. The van der Waals surface area contributed by atoms with Crippen LogP contribution in [0.25, 0.3) is 22.5 Å². The molecule has 5 rings (SSSR count). The number of ether oxygens (including phenoxy) is 1. The molecule has 34 heavy (non-hydrogen) atoms. The molecule has 0 unspecified atom stereocenters. The average molecular weight is 722 g/mol. The number of H-pyrrole nitrogens is 2. The quantitative estimate of drug-likeness (QED) is 0.245. The van der Waals surface area contributed by atoms with Crippen LogP contribution < -0.4 is 10.3 Å². The Bertz CT molecular complexity index is 1210. The van der Waals surface area contributed by atoms with E-state index in [1.807, 2.05) is 22.9 Å². The minimum absolute atomic E-state index is 0.144. The van der Waals surface area contributed by atoms with Crippen molar-refractivity contribution in [1.29, 1.82) is 0 Å². The first-order valence-electron chi connectivity index (χ1n) is 10.3. The van der Waals surface area contributed by atoms with Crippen LogP contribution in [0.15, 0.2) is 62.8 Å². The van der Waals surface area contributed by atoms with E-state index in [-0.39, 0.29) is 5.56 Å². The molecule has 1 aliphatic heterocycles. The van der Waals surface area contributed by atoms with Crippen LogP contribution in [-0.2, 0) is 6.54 Å². The SMILES string of the molecule is BrCCCBr.Brc1cncc(-c2cc3n(n2)CCCO3)c1.O=c1cc(-c2cncc(Br)c2)[nH][nH]1. The first kappa shape index (κ1) is 26.8. The highest BCUT2D eigenvalue weighted by atomic mass is 79.9. The van der Waals surface area contributed by atoms with E-state index >= 15 is 0 Å². The van der Waals surface area contributed by atoms with E-state index in [4.69, 9.17) is 4.74 Å². The summed E-state index contributed by atoms with van der Waals surface area (Å²) in [7, 11) is 0. The van der Waals surface area contributed by atoms with Gasteiger partial charge in [-0.2, -0.15) is 5.10 Å². The predicted octanol–water partition coefficient (Wildman–Crippen LogP) is 6.18. The number of halogens is 4. The van der Waals surface area contributed by atoms with Crippen molar-refractivity contribution in [2.45, 2.75) is 19.4 Å². The van der Waals surface area contributed by atoms with Gasteiger partial charge in [0.25, 0.3) is 5.56 Å². The normalized spacial score (nSPS) is 11.9. The molecule has 5 heterocycles. The second-order valence-corrected chi connectivity index (χ2v) is 10.4. The number of nitrogens with one attached hydrogen (secondary N) is 2. The Hall–Kier alpha value is -1.76. The molecule has 2 N–H and O–H groups in total. The maximum Gasteiger partial charge on any atom is 0.264 e. The Balaban J connectivity index is 0.000000162. The highest BCUT2D eigenvalue weighted by Crippen LogP contribution is 2.26. The summed E-state index contributed by atoms with van der Waals surface area (Å²) in [4.78, 5) is 18.9. The zero-order valence-corrected chi connectivity index (χ0v) is 24.3. The van der Waals surface area contributed by atoms with E-state index in [0.29, 0.717) is 0 Å². The minimum Gasteiger partial charge on any atom is -0.478 e. The molecule has 0 atom stereocenters. The van der Waals surface area contributed by atoms with Gasteiger partial charge in [0.2, 0.25) is 5.88 Å². The Morgan fingerprint density at radius 3 is 2.15 bits per heavy atom. The third-order valence-electron chi connectivity index (χ3n) is 4.39. The molecule has 4 aromatic heterocycles. The first-order valence-corrected chi connectivity index (χ1v) is 14.1. The van der Waals surface area contributed by atoms with E-state index < -0.39 is 0 Å². The fourth-order valence-electron chi connectivity index (χ4n) is 2.86. The van der Waals surface area contributed by atoms with Crippen molar-refractivity contribution in [3.63, 3.8) is 0 Å². The van der Waals surface area contributed by atoms with Crippen LogP contribution in [0.1, 0.15) is 12.8 Å². The van der Waals surface area contributed by atoms with Gasteiger partial charge in [-0.3, -0.25) is 25.0 Å². The maximum absolute atomic E-state index is 10.8. The minimum atomic E-state index is -0.144. The van der Waals surface area contributed by atoms with Crippen molar-refractivity contribution < 1.29 is 4.74 Å². The van der Waals surface area contributed by atoms with Gasteiger partial charge < -0.3 is 4.74 Å². The number of pyridine rings is 2. The monoisotopic (exact) mass is 718 g/mol. The summed E-state index contributed by atoms with van der Waals surface area (Å²) in [5, 5.41) is 11.9. The molecule has 0 spiro atoms. The molecule has 180 valence electrons. The van der Waals surface area contributed by atoms with E-state index in [1.54, 1.807) is 24.8 Å². The number of aromatic nitrogens is 6. The van der Waals surface area contributed by atoms with Crippen molar-refractivity contribution in [1.82, 2.24) is 29.9 Å². The number of rotatable bonds is 4. The Kier molecular flexibility index (Phi) is 11.0. The lowest BCUT2D eigenvalue weighted by Crippen LogP contribution is -2.14. The van der Waals surface area contributed by atoms with Crippen LogP contribution in [0.2, 0.25) is 0 Å². The van der Waals surface area contributed by atoms with Gasteiger partial charge in [-0.25, -0.2) is 4.68 Å². The second kappa shape index (κ2) is 14.0. The highest BCUT2D eigenvalue weighted by molar-refractivity contribution is 9.11. The van der Waals surface area contributed by atoms with Crippen molar-refractivity contribution in [3.8, 4) is 28.4 Å². The van der Waals surface area contributed by atoms with Gasteiger partial charge in [0.05, 0.1) is 18.0 Å². The lowest BCUT2D eigenvalue weighted by molar-refractivity contribution is 0.230. The summed E-state index contributed by atoms with van der Waals surface area (Å²) >= 11 is 13.3. The van der Waals surface area contributed by atoms with Crippen LogP contribution in [0.3, 0.4) is 0 Å². The molecule has 0 fully saturated rings. The van der Waals surface area contributed by atoms with Crippen molar-refractivity contribution in [2.75, 3.05) is 17.3 Å². The molecule has 12 heteroatoms.